The molecule has 0 aliphatic heterocycles. The third-order valence-electron chi connectivity index (χ3n) is 2.31. The van der Waals surface area contributed by atoms with Crippen LogP contribution in [0, 0.1) is 0 Å². The van der Waals surface area contributed by atoms with Gasteiger partial charge in [-0.2, -0.15) is 0 Å². The van der Waals surface area contributed by atoms with E-state index in [1.54, 1.807) is 12.1 Å². The van der Waals surface area contributed by atoms with E-state index in [1.165, 1.54) is 0 Å². The molecule has 1 aromatic heterocycles. The second-order valence-electron chi connectivity index (χ2n) is 5.00. The van der Waals surface area contributed by atoms with Crippen LogP contribution in [0.3, 0.4) is 0 Å². The Morgan fingerprint density at radius 3 is 2.65 bits per heavy atom. The predicted molar refractivity (Wildman–Crippen MR) is 67.9 cm³/mol. The lowest BCUT2D eigenvalue weighted by molar-refractivity contribution is 0.00639. The zero-order valence-electron chi connectivity index (χ0n) is 10.2. The molecule has 1 aromatic carbocycles. The molecule has 1 heterocycles. The highest BCUT2D eigenvalue weighted by Gasteiger charge is 2.19. The van der Waals surface area contributed by atoms with Gasteiger partial charge in [-0.15, -0.1) is 0 Å². The van der Waals surface area contributed by atoms with Gasteiger partial charge in [-0.3, -0.25) is 0 Å². The number of para-hydroxylation sites is 1. The van der Waals surface area contributed by atoms with E-state index < -0.39 is 5.60 Å². The Morgan fingerprint density at radius 1 is 1.35 bits per heavy atom. The van der Waals surface area contributed by atoms with Crippen molar-refractivity contribution in [3.8, 4) is 0 Å². The summed E-state index contributed by atoms with van der Waals surface area (Å²) in [6.45, 7) is 5.51. The van der Waals surface area contributed by atoms with Crippen LogP contribution in [0.15, 0.2) is 24.3 Å². The highest BCUT2D eigenvalue weighted by molar-refractivity contribution is 5.98. The first-order chi connectivity index (χ1) is 7.87. The molecule has 2 aromatic rings. The lowest BCUT2D eigenvalue weighted by Gasteiger charge is -2.18. The Kier molecular flexibility index (Phi) is 2.58. The first-order valence-corrected chi connectivity index (χ1v) is 5.47. The van der Waals surface area contributed by atoms with Crippen molar-refractivity contribution in [1.29, 1.82) is 0 Å². The second-order valence-corrected chi connectivity index (χ2v) is 5.00. The van der Waals surface area contributed by atoms with E-state index in [0.717, 1.165) is 10.9 Å². The minimum Gasteiger partial charge on any atom is -0.455 e. The Balaban J connectivity index is 2.37. The van der Waals surface area contributed by atoms with Gasteiger partial charge in [-0.25, -0.2) is 4.79 Å². The summed E-state index contributed by atoms with van der Waals surface area (Å²) in [7, 11) is 0. The molecule has 0 unspecified atom stereocenters. The Hall–Kier alpha value is -1.97. The Bertz CT molecular complexity index is 564. The normalized spacial score (nSPS) is 11.7. The molecule has 0 aliphatic rings. The maximum Gasteiger partial charge on any atom is 0.355 e. The van der Waals surface area contributed by atoms with Crippen LogP contribution in [0.25, 0.3) is 10.9 Å². The van der Waals surface area contributed by atoms with Crippen molar-refractivity contribution in [2.24, 2.45) is 0 Å². The topological polar surface area (TPSA) is 68.1 Å². The van der Waals surface area contributed by atoms with E-state index in [9.17, 15) is 4.79 Å². The van der Waals surface area contributed by atoms with Crippen molar-refractivity contribution >= 4 is 22.6 Å². The summed E-state index contributed by atoms with van der Waals surface area (Å²) in [6.07, 6.45) is 0. The number of benzene rings is 1. The monoisotopic (exact) mass is 232 g/mol. The minimum absolute atomic E-state index is 0.367. The zero-order valence-corrected chi connectivity index (χ0v) is 10.2. The number of carbonyl (C=O) groups excluding carboxylic acids is 1. The molecule has 3 N–H and O–H groups in total. The van der Waals surface area contributed by atoms with Crippen LogP contribution in [-0.2, 0) is 4.74 Å². The molecule has 0 saturated carbocycles. The van der Waals surface area contributed by atoms with Crippen LogP contribution < -0.4 is 5.73 Å². The average Bonchev–Trinajstić information content (AvgIpc) is 2.60. The number of aromatic nitrogens is 1. The summed E-state index contributed by atoms with van der Waals surface area (Å²) in [4.78, 5) is 14.8. The van der Waals surface area contributed by atoms with Gasteiger partial charge in [-0.05, 0) is 32.9 Å². The molecule has 90 valence electrons. The summed E-state index contributed by atoms with van der Waals surface area (Å²) in [6, 6.07) is 7.29. The van der Waals surface area contributed by atoms with Gasteiger partial charge < -0.3 is 15.5 Å². The first-order valence-electron chi connectivity index (χ1n) is 5.47. The van der Waals surface area contributed by atoms with Gasteiger partial charge in [0.1, 0.15) is 11.3 Å². The molecule has 0 radical (unpaired) electrons. The largest absolute Gasteiger partial charge is 0.455 e. The second kappa shape index (κ2) is 3.80. The predicted octanol–water partition coefficient (Wildman–Crippen LogP) is 2.71. The maximum atomic E-state index is 11.8. The first kappa shape index (κ1) is 11.5. The van der Waals surface area contributed by atoms with E-state index in [2.05, 4.69) is 4.98 Å². The maximum absolute atomic E-state index is 11.8. The Labute approximate surface area is 99.8 Å². The fourth-order valence-electron chi connectivity index (χ4n) is 1.62. The summed E-state index contributed by atoms with van der Waals surface area (Å²) < 4.78 is 5.28. The summed E-state index contributed by atoms with van der Waals surface area (Å²) in [5.74, 6) is -0.367. The number of hydrogen-bond donors (Lipinski definition) is 2. The van der Waals surface area contributed by atoms with Gasteiger partial charge >= 0.3 is 5.97 Å². The van der Waals surface area contributed by atoms with Crippen molar-refractivity contribution in [2.75, 3.05) is 5.73 Å². The van der Waals surface area contributed by atoms with Crippen molar-refractivity contribution < 1.29 is 9.53 Å². The number of esters is 1. The SMILES string of the molecule is CC(C)(C)OC(=O)c1cc2cccc(N)c2[nH]1. The highest BCUT2D eigenvalue weighted by atomic mass is 16.6. The number of aromatic amines is 1. The van der Waals surface area contributed by atoms with E-state index in [0.29, 0.717) is 11.4 Å². The molecular weight excluding hydrogens is 216 g/mol. The number of carbonyl (C=O) groups is 1. The molecule has 2 rings (SSSR count). The minimum atomic E-state index is -0.500. The van der Waals surface area contributed by atoms with Gasteiger partial charge in [0.15, 0.2) is 0 Å². The standard InChI is InChI=1S/C13H16N2O2/c1-13(2,3)17-12(16)10-7-8-5-4-6-9(14)11(8)15-10/h4-7,15H,14H2,1-3H3. The van der Waals surface area contributed by atoms with Crippen molar-refractivity contribution in [3.05, 3.63) is 30.0 Å². The number of nitrogens with one attached hydrogen (secondary N) is 1. The van der Waals surface area contributed by atoms with Crippen LogP contribution in [-0.4, -0.2) is 16.6 Å². The van der Waals surface area contributed by atoms with Crippen LogP contribution in [0.1, 0.15) is 31.3 Å². The number of ether oxygens (including phenoxy) is 1. The molecule has 0 fully saturated rings. The van der Waals surface area contributed by atoms with Crippen LogP contribution in [0.2, 0.25) is 0 Å². The number of fused-ring (bicyclic) bond motifs is 1. The fourth-order valence-corrected chi connectivity index (χ4v) is 1.62. The number of hydrogen-bond acceptors (Lipinski definition) is 3. The average molecular weight is 232 g/mol. The third kappa shape index (κ3) is 2.41. The van der Waals surface area contributed by atoms with Gasteiger partial charge in [0.05, 0.1) is 11.2 Å². The van der Waals surface area contributed by atoms with Gasteiger partial charge in [0.2, 0.25) is 0 Å². The van der Waals surface area contributed by atoms with Crippen LogP contribution >= 0.6 is 0 Å². The van der Waals surface area contributed by atoms with Gasteiger partial charge in [-0.1, -0.05) is 12.1 Å². The number of H-pyrrole nitrogens is 1. The zero-order chi connectivity index (χ0) is 12.6. The molecule has 0 amide bonds. The smallest absolute Gasteiger partial charge is 0.355 e. The molecule has 0 saturated heterocycles. The number of rotatable bonds is 1. The molecular formula is C13H16N2O2. The lowest BCUT2D eigenvalue weighted by atomic mass is 10.2. The Morgan fingerprint density at radius 2 is 2.06 bits per heavy atom. The molecule has 0 bridgehead atoms. The number of anilines is 1. The van der Waals surface area contributed by atoms with E-state index in [-0.39, 0.29) is 5.97 Å². The van der Waals surface area contributed by atoms with E-state index >= 15 is 0 Å². The quantitative estimate of drug-likeness (QED) is 0.586. The molecule has 0 aliphatic carbocycles. The molecule has 17 heavy (non-hydrogen) atoms. The highest BCUT2D eigenvalue weighted by Crippen LogP contribution is 2.22. The van der Waals surface area contributed by atoms with Crippen molar-refractivity contribution in [2.45, 2.75) is 26.4 Å². The number of nitrogens with two attached hydrogens (primary N) is 1. The molecule has 4 nitrogen and oxygen atoms in total. The lowest BCUT2D eigenvalue weighted by Crippen LogP contribution is -2.24. The van der Waals surface area contributed by atoms with Crippen molar-refractivity contribution in [3.63, 3.8) is 0 Å². The third-order valence-corrected chi connectivity index (χ3v) is 2.31. The van der Waals surface area contributed by atoms with E-state index in [1.807, 2.05) is 32.9 Å². The summed E-state index contributed by atoms with van der Waals surface area (Å²) in [5, 5.41) is 0.908. The van der Waals surface area contributed by atoms with Crippen LogP contribution in [0.4, 0.5) is 5.69 Å². The van der Waals surface area contributed by atoms with Crippen molar-refractivity contribution in [1.82, 2.24) is 4.98 Å². The van der Waals surface area contributed by atoms with E-state index in [4.69, 9.17) is 10.5 Å². The fraction of sp³-hybridized carbons (Fsp3) is 0.308. The molecule has 4 heteroatoms. The summed E-state index contributed by atoms with van der Waals surface area (Å²) >= 11 is 0. The summed E-state index contributed by atoms with van der Waals surface area (Å²) in [5.41, 5.74) is 7.13. The molecule has 0 spiro atoms. The number of nitrogen functional groups attached to an aromatic ring is 1. The van der Waals surface area contributed by atoms with Gasteiger partial charge in [0.25, 0.3) is 0 Å². The molecule has 0 atom stereocenters. The van der Waals surface area contributed by atoms with Crippen LogP contribution in [0.5, 0.6) is 0 Å². The van der Waals surface area contributed by atoms with Gasteiger partial charge in [0, 0.05) is 5.39 Å².